The van der Waals surface area contributed by atoms with Crippen LogP contribution in [0.25, 0.3) is 0 Å². The molecule has 0 aromatic heterocycles. The smallest absolute Gasteiger partial charge is 0.000672 e. The first-order valence-corrected chi connectivity index (χ1v) is 3.86. The molecule has 1 rings (SSSR count). The van der Waals surface area contributed by atoms with Gasteiger partial charge in [-0.3, -0.25) is 0 Å². The third-order valence-corrected chi connectivity index (χ3v) is 1.88. The lowest BCUT2D eigenvalue weighted by Gasteiger charge is -2.12. The number of likely N-dealkylation sites (tertiary alicyclic amines) is 1. The highest BCUT2D eigenvalue weighted by atomic mass is 35.5. The van der Waals surface area contributed by atoms with Crippen molar-refractivity contribution in [3.63, 3.8) is 0 Å². The molecule has 0 atom stereocenters. The molecular formula is C7H17ClN2. The van der Waals surface area contributed by atoms with Crippen LogP contribution >= 0.6 is 12.4 Å². The number of rotatable bonds is 3. The van der Waals surface area contributed by atoms with Crippen LogP contribution in [0.4, 0.5) is 0 Å². The van der Waals surface area contributed by atoms with Gasteiger partial charge in [0.2, 0.25) is 0 Å². The van der Waals surface area contributed by atoms with Gasteiger partial charge in [-0.15, -0.1) is 12.4 Å². The first-order valence-electron chi connectivity index (χ1n) is 3.86. The Bertz CT molecular complexity index is 72.0. The Morgan fingerprint density at radius 1 is 1.20 bits per heavy atom. The Kier molecular flexibility index (Phi) is 6.08. The molecule has 0 aromatic rings. The molecule has 0 saturated carbocycles. The summed E-state index contributed by atoms with van der Waals surface area (Å²) >= 11 is 0. The van der Waals surface area contributed by atoms with Crippen molar-refractivity contribution in [3.05, 3.63) is 0 Å². The van der Waals surface area contributed by atoms with E-state index in [1.165, 1.54) is 38.9 Å². The van der Waals surface area contributed by atoms with Crippen LogP contribution in [0.3, 0.4) is 0 Å². The predicted molar refractivity (Wildman–Crippen MR) is 46.6 cm³/mol. The van der Waals surface area contributed by atoms with Gasteiger partial charge in [-0.05, 0) is 45.4 Å². The molecule has 1 aliphatic heterocycles. The highest BCUT2D eigenvalue weighted by molar-refractivity contribution is 5.85. The molecule has 62 valence electrons. The van der Waals surface area contributed by atoms with Gasteiger partial charge >= 0.3 is 0 Å². The first-order chi connectivity index (χ1) is 4.43. The number of halogens is 1. The van der Waals surface area contributed by atoms with Crippen molar-refractivity contribution in [2.24, 2.45) is 5.73 Å². The summed E-state index contributed by atoms with van der Waals surface area (Å²) < 4.78 is 0. The van der Waals surface area contributed by atoms with Crippen LogP contribution in [0, 0.1) is 0 Å². The molecule has 0 aromatic carbocycles. The average molecular weight is 165 g/mol. The average Bonchev–Trinajstić information content (AvgIpc) is 2.34. The summed E-state index contributed by atoms with van der Waals surface area (Å²) in [5, 5.41) is 0. The van der Waals surface area contributed by atoms with E-state index < -0.39 is 0 Å². The van der Waals surface area contributed by atoms with E-state index in [0.717, 1.165) is 6.54 Å². The minimum atomic E-state index is 0. The second-order valence-corrected chi connectivity index (χ2v) is 2.69. The molecule has 3 heteroatoms. The third kappa shape index (κ3) is 3.40. The molecule has 0 unspecified atom stereocenters. The zero-order valence-corrected chi connectivity index (χ0v) is 7.20. The highest BCUT2D eigenvalue weighted by Crippen LogP contribution is 2.06. The lowest BCUT2D eigenvalue weighted by atomic mass is 10.4. The van der Waals surface area contributed by atoms with E-state index in [0.29, 0.717) is 0 Å². The minimum Gasteiger partial charge on any atom is -0.330 e. The quantitative estimate of drug-likeness (QED) is 0.671. The Balaban J connectivity index is 0.000000810. The number of hydrogen-bond acceptors (Lipinski definition) is 2. The van der Waals surface area contributed by atoms with E-state index >= 15 is 0 Å². The van der Waals surface area contributed by atoms with E-state index in [-0.39, 0.29) is 12.4 Å². The molecule has 10 heavy (non-hydrogen) atoms. The van der Waals surface area contributed by atoms with Gasteiger partial charge in [0.25, 0.3) is 0 Å². The van der Waals surface area contributed by atoms with Crippen molar-refractivity contribution in [1.29, 1.82) is 0 Å². The maximum atomic E-state index is 5.38. The molecule has 0 spiro atoms. The molecule has 0 radical (unpaired) electrons. The summed E-state index contributed by atoms with van der Waals surface area (Å²) in [5.74, 6) is 0. The molecular weight excluding hydrogens is 148 g/mol. The predicted octanol–water partition coefficient (Wildman–Crippen LogP) is 0.853. The van der Waals surface area contributed by atoms with Gasteiger partial charge in [0.15, 0.2) is 0 Å². The molecule has 1 fully saturated rings. The van der Waals surface area contributed by atoms with Crippen LogP contribution in [0.15, 0.2) is 0 Å². The lowest BCUT2D eigenvalue weighted by molar-refractivity contribution is 0.336. The summed E-state index contributed by atoms with van der Waals surface area (Å²) in [6.07, 6.45) is 3.95. The summed E-state index contributed by atoms with van der Waals surface area (Å²) in [5.41, 5.74) is 5.38. The summed E-state index contributed by atoms with van der Waals surface area (Å²) in [6, 6.07) is 0. The van der Waals surface area contributed by atoms with E-state index in [1.54, 1.807) is 0 Å². The van der Waals surface area contributed by atoms with Gasteiger partial charge in [-0.2, -0.15) is 0 Å². The van der Waals surface area contributed by atoms with E-state index in [4.69, 9.17) is 5.73 Å². The molecule has 1 saturated heterocycles. The number of nitrogens with two attached hydrogens (primary N) is 1. The summed E-state index contributed by atoms with van der Waals surface area (Å²) in [7, 11) is 0. The molecule has 0 bridgehead atoms. The zero-order valence-electron chi connectivity index (χ0n) is 6.38. The van der Waals surface area contributed by atoms with Crippen LogP contribution in [0.1, 0.15) is 19.3 Å². The molecule has 0 amide bonds. The second kappa shape index (κ2) is 5.96. The molecule has 2 N–H and O–H groups in total. The number of hydrogen-bond donors (Lipinski definition) is 1. The van der Waals surface area contributed by atoms with Crippen molar-refractivity contribution in [2.45, 2.75) is 19.3 Å². The highest BCUT2D eigenvalue weighted by Gasteiger charge is 2.09. The molecule has 1 aliphatic rings. The fraction of sp³-hybridized carbons (Fsp3) is 1.00. The van der Waals surface area contributed by atoms with Gasteiger partial charge in [-0.1, -0.05) is 0 Å². The largest absolute Gasteiger partial charge is 0.330 e. The van der Waals surface area contributed by atoms with Crippen molar-refractivity contribution in [3.8, 4) is 0 Å². The normalized spacial score (nSPS) is 18.9. The van der Waals surface area contributed by atoms with Crippen LogP contribution in [-0.2, 0) is 0 Å². The van der Waals surface area contributed by atoms with Crippen molar-refractivity contribution in [2.75, 3.05) is 26.2 Å². The Hall–Kier alpha value is 0.210. The van der Waals surface area contributed by atoms with Crippen molar-refractivity contribution < 1.29 is 0 Å². The van der Waals surface area contributed by atoms with Crippen LogP contribution in [0.5, 0.6) is 0 Å². The number of nitrogens with zero attached hydrogens (tertiary/aromatic N) is 1. The Morgan fingerprint density at radius 2 is 1.80 bits per heavy atom. The topological polar surface area (TPSA) is 29.3 Å². The maximum Gasteiger partial charge on any atom is -0.000672 e. The Morgan fingerprint density at radius 3 is 2.30 bits per heavy atom. The lowest BCUT2D eigenvalue weighted by Crippen LogP contribution is -2.22. The molecule has 2 nitrogen and oxygen atoms in total. The van der Waals surface area contributed by atoms with Gasteiger partial charge in [0.1, 0.15) is 0 Å². The van der Waals surface area contributed by atoms with E-state index in [1.807, 2.05) is 0 Å². The van der Waals surface area contributed by atoms with Crippen LogP contribution < -0.4 is 5.73 Å². The Labute approximate surface area is 69.2 Å². The van der Waals surface area contributed by atoms with Gasteiger partial charge in [0.05, 0.1) is 0 Å². The second-order valence-electron chi connectivity index (χ2n) is 2.69. The zero-order chi connectivity index (χ0) is 6.53. The van der Waals surface area contributed by atoms with Gasteiger partial charge in [0, 0.05) is 0 Å². The fourth-order valence-corrected chi connectivity index (χ4v) is 1.32. The summed E-state index contributed by atoms with van der Waals surface area (Å²) in [4.78, 5) is 2.49. The van der Waals surface area contributed by atoms with Gasteiger partial charge < -0.3 is 10.6 Å². The third-order valence-electron chi connectivity index (χ3n) is 1.88. The monoisotopic (exact) mass is 164 g/mol. The molecule has 1 heterocycles. The van der Waals surface area contributed by atoms with E-state index in [9.17, 15) is 0 Å². The van der Waals surface area contributed by atoms with Crippen LogP contribution in [-0.4, -0.2) is 31.1 Å². The fourth-order valence-electron chi connectivity index (χ4n) is 1.32. The molecule has 0 aliphatic carbocycles. The maximum absolute atomic E-state index is 5.38. The van der Waals surface area contributed by atoms with Crippen molar-refractivity contribution in [1.82, 2.24) is 4.90 Å². The van der Waals surface area contributed by atoms with E-state index in [2.05, 4.69) is 4.90 Å². The SMILES string of the molecule is Cl.NCCCN1CCCC1. The van der Waals surface area contributed by atoms with Crippen LogP contribution in [0.2, 0.25) is 0 Å². The van der Waals surface area contributed by atoms with Crippen molar-refractivity contribution >= 4 is 12.4 Å². The minimum absolute atomic E-state index is 0. The summed E-state index contributed by atoms with van der Waals surface area (Å²) in [6.45, 7) is 4.67. The standard InChI is InChI=1S/C7H16N2.ClH/c8-4-3-7-9-5-1-2-6-9;/h1-8H2;1H. The first kappa shape index (κ1) is 10.2. The van der Waals surface area contributed by atoms with Gasteiger partial charge in [-0.25, -0.2) is 0 Å².